The lowest BCUT2D eigenvalue weighted by molar-refractivity contribution is -0.385. The normalized spacial score (nSPS) is 11.6. The Hall–Kier alpha value is -3.61. The Labute approximate surface area is 195 Å². The summed E-state index contributed by atoms with van der Waals surface area (Å²) in [5, 5.41) is 29.3. The minimum absolute atomic E-state index is 0. The van der Waals surface area contributed by atoms with Gasteiger partial charge in [0.05, 0.1) is 16.5 Å². The highest BCUT2D eigenvalue weighted by atomic mass is 35.5. The second-order valence-electron chi connectivity index (χ2n) is 6.56. The maximum Gasteiger partial charge on any atom is 0.323 e. The van der Waals surface area contributed by atoms with E-state index < -0.39 is 33.9 Å². The van der Waals surface area contributed by atoms with Crippen LogP contribution in [0.15, 0.2) is 48.5 Å². The molecule has 2 aromatic rings. The molecule has 2 rings (SSSR count). The molecule has 0 heterocycles. The summed E-state index contributed by atoms with van der Waals surface area (Å²) >= 11 is 0. The van der Waals surface area contributed by atoms with E-state index in [1.54, 1.807) is 19.1 Å². The van der Waals surface area contributed by atoms with Crippen molar-refractivity contribution < 1.29 is 29.3 Å². The van der Waals surface area contributed by atoms with E-state index in [0.717, 1.165) is 5.56 Å². The number of carbonyl (C=O) groups is 2. The number of non-ortho nitro benzene ring substituents is 2. The van der Waals surface area contributed by atoms with E-state index in [1.165, 1.54) is 36.4 Å². The first-order valence-corrected chi connectivity index (χ1v) is 9.42. The third-order valence-corrected chi connectivity index (χ3v) is 4.11. The molecule has 0 aliphatic rings. The van der Waals surface area contributed by atoms with Gasteiger partial charge >= 0.3 is 11.9 Å². The predicted molar refractivity (Wildman–Crippen MR) is 121 cm³/mol. The molecular formula is C20H25ClN4O8. The van der Waals surface area contributed by atoms with Crippen LogP contribution in [0.5, 0.6) is 0 Å². The van der Waals surface area contributed by atoms with E-state index in [2.05, 4.69) is 0 Å². The van der Waals surface area contributed by atoms with E-state index in [9.17, 15) is 29.8 Å². The van der Waals surface area contributed by atoms with Crippen molar-refractivity contribution in [3.63, 3.8) is 0 Å². The standard InChI is InChI=1S/C11H14N2O4.C9H10N2O4.ClH/c1-2-17-11(14)10(12)7-8-3-5-9(6-4-8)13(15)16;10-8(9(12)13)5-6-1-3-7(4-2-6)11(14)15;/h3-6,10H,2,7,12H2,1H3;1-4,8H,5,10H2,(H,12,13);1H/t10-;8-;/m00./s1. The highest BCUT2D eigenvalue weighted by molar-refractivity contribution is 5.85. The molecule has 5 N–H and O–H groups in total. The second kappa shape index (κ2) is 14.5. The molecule has 13 heteroatoms. The average molecular weight is 485 g/mol. The van der Waals surface area contributed by atoms with E-state index >= 15 is 0 Å². The number of benzene rings is 2. The number of hydrogen-bond acceptors (Lipinski definition) is 9. The van der Waals surface area contributed by atoms with Gasteiger partial charge in [-0.2, -0.15) is 0 Å². The minimum atomic E-state index is -1.09. The fourth-order valence-corrected chi connectivity index (χ4v) is 2.44. The SMILES string of the molecule is CCOC(=O)[C@@H](N)Cc1ccc([N+](=O)[O-])cc1.Cl.N[C@@H](Cc1ccc([N+](=O)[O-])cc1)C(=O)O. The van der Waals surface area contributed by atoms with Crippen LogP contribution in [-0.4, -0.2) is 45.6 Å². The van der Waals surface area contributed by atoms with Crippen molar-refractivity contribution in [1.29, 1.82) is 0 Å². The van der Waals surface area contributed by atoms with Crippen LogP contribution in [-0.2, 0) is 27.2 Å². The van der Waals surface area contributed by atoms with Gasteiger partial charge in [0.2, 0.25) is 0 Å². The van der Waals surface area contributed by atoms with Gasteiger partial charge in [0.25, 0.3) is 11.4 Å². The van der Waals surface area contributed by atoms with Crippen molar-refractivity contribution in [2.24, 2.45) is 11.5 Å². The molecule has 2 aromatic carbocycles. The van der Waals surface area contributed by atoms with Gasteiger partial charge in [-0.15, -0.1) is 12.4 Å². The van der Waals surface area contributed by atoms with Gasteiger partial charge in [0, 0.05) is 24.3 Å². The number of carboxylic acid groups (broad SMARTS) is 1. The molecule has 0 unspecified atom stereocenters. The van der Waals surface area contributed by atoms with E-state index in [-0.39, 0.29) is 36.8 Å². The van der Waals surface area contributed by atoms with Gasteiger partial charge in [-0.05, 0) is 30.9 Å². The fourth-order valence-electron chi connectivity index (χ4n) is 2.44. The fraction of sp³-hybridized carbons (Fsp3) is 0.300. The summed E-state index contributed by atoms with van der Waals surface area (Å²) in [4.78, 5) is 41.5. The number of esters is 1. The summed E-state index contributed by atoms with van der Waals surface area (Å²) in [5.41, 5.74) is 12.3. The monoisotopic (exact) mass is 484 g/mol. The van der Waals surface area contributed by atoms with Crippen molar-refractivity contribution in [2.75, 3.05) is 6.61 Å². The predicted octanol–water partition coefficient (Wildman–Crippen LogP) is 2.00. The number of aliphatic carboxylic acids is 1. The van der Waals surface area contributed by atoms with E-state index in [0.29, 0.717) is 12.0 Å². The highest BCUT2D eigenvalue weighted by Gasteiger charge is 2.15. The molecule has 0 aromatic heterocycles. The van der Waals surface area contributed by atoms with Gasteiger partial charge in [0.15, 0.2) is 0 Å². The molecule has 0 saturated heterocycles. The summed E-state index contributed by atoms with van der Waals surface area (Å²) < 4.78 is 4.77. The molecule has 0 amide bonds. The number of hydrogen-bond donors (Lipinski definition) is 3. The lowest BCUT2D eigenvalue weighted by Gasteiger charge is -2.10. The van der Waals surface area contributed by atoms with Gasteiger partial charge in [-0.1, -0.05) is 24.3 Å². The quantitative estimate of drug-likeness (QED) is 0.268. The summed E-state index contributed by atoms with van der Waals surface area (Å²) in [5.74, 6) is -1.56. The first-order valence-electron chi connectivity index (χ1n) is 9.42. The molecule has 0 aliphatic heterocycles. The Bertz CT molecular complexity index is 938. The molecule has 0 aliphatic carbocycles. The Morgan fingerprint density at radius 3 is 1.55 bits per heavy atom. The number of nitrogens with two attached hydrogens (primary N) is 2. The number of carboxylic acids is 1. The van der Waals surface area contributed by atoms with Gasteiger partial charge < -0.3 is 21.3 Å². The maximum absolute atomic E-state index is 11.3. The van der Waals surface area contributed by atoms with Crippen LogP contribution in [0.1, 0.15) is 18.1 Å². The smallest absolute Gasteiger partial charge is 0.323 e. The molecule has 0 saturated carbocycles. The van der Waals surface area contributed by atoms with Crippen LogP contribution in [0.2, 0.25) is 0 Å². The lowest BCUT2D eigenvalue weighted by Crippen LogP contribution is -2.34. The van der Waals surface area contributed by atoms with Gasteiger partial charge in [-0.25, -0.2) is 0 Å². The number of carbonyl (C=O) groups excluding carboxylic acids is 1. The summed E-state index contributed by atoms with van der Waals surface area (Å²) in [7, 11) is 0. The van der Waals surface area contributed by atoms with Crippen molar-refractivity contribution >= 4 is 35.7 Å². The summed E-state index contributed by atoms with van der Waals surface area (Å²) in [6.07, 6.45) is 0.462. The third kappa shape index (κ3) is 10.5. The highest BCUT2D eigenvalue weighted by Crippen LogP contribution is 2.14. The number of ether oxygens (including phenoxy) is 1. The van der Waals surface area contributed by atoms with Gasteiger partial charge in [-0.3, -0.25) is 29.8 Å². The minimum Gasteiger partial charge on any atom is -0.480 e. The first kappa shape index (κ1) is 29.4. The Kier molecular flexibility index (Phi) is 12.9. The maximum atomic E-state index is 11.3. The largest absolute Gasteiger partial charge is 0.480 e. The number of rotatable bonds is 9. The first-order chi connectivity index (χ1) is 15.0. The Balaban J connectivity index is 0.000000607. The molecule has 12 nitrogen and oxygen atoms in total. The van der Waals surface area contributed by atoms with Crippen LogP contribution in [0.25, 0.3) is 0 Å². The molecule has 0 fully saturated rings. The molecule has 0 spiro atoms. The Morgan fingerprint density at radius 1 is 0.879 bits per heavy atom. The summed E-state index contributed by atoms with van der Waals surface area (Å²) in [6, 6.07) is 9.85. The molecule has 33 heavy (non-hydrogen) atoms. The number of nitro benzene ring substituents is 2. The third-order valence-electron chi connectivity index (χ3n) is 4.11. The van der Waals surface area contributed by atoms with Crippen molar-refractivity contribution in [2.45, 2.75) is 31.8 Å². The molecular weight excluding hydrogens is 460 g/mol. The zero-order valence-electron chi connectivity index (χ0n) is 17.7. The second-order valence-corrected chi connectivity index (χ2v) is 6.56. The molecule has 180 valence electrons. The number of nitro groups is 2. The Morgan fingerprint density at radius 2 is 1.24 bits per heavy atom. The van der Waals surface area contributed by atoms with Crippen LogP contribution < -0.4 is 11.5 Å². The lowest BCUT2D eigenvalue weighted by atomic mass is 10.1. The average Bonchev–Trinajstić information content (AvgIpc) is 2.75. The zero-order valence-corrected chi connectivity index (χ0v) is 18.5. The van der Waals surface area contributed by atoms with Crippen molar-refractivity contribution in [1.82, 2.24) is 0 Å². The van der Waals surface area contributed by atoms with Crippen molar-refractivity contribution in [3.8, 4) is 0 Å². The van der Waals surface area contributed by atoms with Crippen LogP contribution in [0, 0.1) is 20.2 Å². The molecule has 0 bridgehead atoms. The number of halogens is 1. The van der Waals surface area contributed by atoms with Crippen LogP contribution >= 0.6 is 12.4 Å². The van der Waals surface area contributed by atoms with Crippen LogP contribution in [0.4, 0.5) is 11.4 Å². The van der Waals surface area contributed by atoms with Crippen molar-refractivity contribution in [3.05, 3.63) is 79.9 Å². The van der Waals surface area contributed by atoms with Crippen LogP contribution in [0.3, 0.4) is 0 Å². The topological polar surface area (TPSA) is 202 Å². The zero-order chi connectivity index (χ0) is 24.3. The molecule has 0 radical (unpaired) electrons. The molecule has 2 atom stereocenters. The summed E-state index contributed by atoms with van der Waals surface area (Å²) in [6.45, 7) is 1.99. The van der Waals surface area contributed by atoms with E-state index in [4.69, 9.17) is 21.3 Å². The number of nitrogens with zero attached hydrogens (tertiary/aromatic N) is 2. The van der Waals surface area contributed by atoms with Gasteiger partial charge in [0.1, 0.15) is 12.1 Å². The van der Waals surface area contributed by atoms with E-state index in [1.807, 2.05) is 0 Å².